The monoisotopic (exact) mass is 633 g/mol. The van der Waals surface area contributed by atoms with Gasteiger partial charge in [0.15, 0.2) is 0 Å². The number of aromatic nitrogens is 2. The highest BCUT2D eigenvalue weighted by atomic mass is 35.5. The molecule has 0 saturated carbocycles. The van der Waals surface area contributed by atoms with Crippen LogP contribution in [0.2, 0.25) is 5.02 Å². The van der Waals surface area contributed by atoms with Gasteiger partial charge in [0.1, 0.15) is 12.5 Å². The summed E-state index contributed by atoms with van der Waals surface area (Å²) in [6.07, 6.45) is 3.74. The predicted octanol–water partition coefficient (Wildman–Crippen LogP) is 4.41. The number of likely N-dealkylation sites (tertiary alicyclic amines) is 1. The Balaban J connectivity index is 0.00000128. The van der Waals surface area contributed by atoms with Gasteiger partial charge in [-0.2, -0.15) is 15.2 Å². The largest absolute Gasteiger partial charge is 0.463 e. The number of piperazine rings is 1. The highest BCUT2D eigenvalue weighted by Crippen LogP contribution is 2.37. The number of halogens is 2. The lowest BCUT2D eigenvalue weighted by Crippen LogP contribution is -2.49. The average Bonchev–Trinajstić information content (AvgIpc) is 3.38. The molecule has 2 amide bonds. The van der Waals surface area contributed by atoms with Gasteiger partial charge in [0.05, 0.1) is 29.9 Å². The number of fused-ring (bicyclic) bond motifs is 2. The summed E-state index contributed by atoms with van der Waals surface area (Å²) < 4.78 is 18.7. The molecule has 3 aliphatic rings. The Kier molecular flexibility index (Phi) is 10.4. The van der Waals surface area contributed by atoms with E-state index in [1.165, 1.54) is 19.1 Å². The number of ether oxygens (including phenoxy) is 1. The highest BCUT2D eigenvalue weighted by molar-refractivity contribution is 6.36. The minimum Gasteiger partial charge on any atom is -0.463 e. The van der Waals surface area contributed by atoms with Crippen LogP contribution in [0.15, 0.2) is 48.6 Å². The molecule has 6 rings (SSSR count). The van der Waals surface area contributed by atoms with E-state index in [4.69, 9.17) is 31.6 Å². The molecule has 0 bridgehead atoms. The van der Waals surface area contributed by atoms with Crippen LogP contribution in [0.3, 0.4) is 0 Å². The van der Waals surface area contributed by atoms with E-state index < -0.39 is 6.67 Å². The van der Waals surface area contributed by atoms with E-state index >= 15 is 0 Å². The van der Waals surface area contributed by atoms with Crippen molar-refractivity contribution in [3.05, 3.63) is 64.8 Å². The maximum Gasteiger partial charge on any atom is 0.318 e. The SMILES string of the molecule is CC#N.CN1CC(COc2nc3c(c(N4CCN(C(=O)/C=C/CF)CC4)n2)CCN(c2cccc4cccc(Cl)c24)C3)CC1=O. The fraction of sp³-hybridized carbons (Fsp3) is 0.424. The zero-order valence-electron chi connectivity index (χ0n) is 25.6. The number of amides is 2. The fourth-order valence-electron chi connectivity index (χ4n) is 6.11. The lowest BCUT2D eigenvalue weighted by Gasteiger charge is -2.38. The maximum absolute atomic E-state index is 12.5. The molecule has 10 nitrogen and oxygen atoms in total. The van der Waals surface area contributed by atoms with Crippen molar-refractivity contribution >= 4 is 45.7 Å². The van der Waals surface area contributed by atoms with Crippen LogP contribution >= 0.6 is 11.6 Å². The van der Waals surface area contributed by atoms with Crippen molar-refractivity contribution in [2.24, 2.45) is 5.92 Å². The first-order chi connectivity index (χ1) is 21.8. The Morgan fingerprint density at radius 2 is 1.87 bits per heavy atom. The van der Waals surface area contributed by atoms with Crippen LogP contribution in [-0.4, -0.2) is 91.2 Å². The first-order valence-corrected chi connectivity index (χ1v) is 15.5. The second-order valence-electron chi connectivity index (χ2n) is 11.3. The first-order valence-electron chi connectivity index (χ1n) is 15.1. The van der Waals surface area contributed by atoms with Crippen LogP contribution < -0.4 is 14.5 Å². The zero-order valence-corrected chi connectivity index (χ0v) is 26.3. The van der Waals surface area contributed by atoms with E-state index in [1.54, 1.807) is 15.9 Å². The predicted molar refractivity (Wildman–Crippen MR) is 172 cm³/mol. The summed E-state index contributed by atoms with van der Waals surface area (Å²) >= 11 is 6.66. The standard InChI is InChI=1S/C31H34ClFN6O3.C2H3N/c1-36-18-21(17-28(36)41)20-42-31-34-25-19-39(26-8-3-6-22-5-2-7-24(32)29(22)26)12-10-23(25)30(35-31)38-15-13-37(14-16-38)27(40)9-4-11-33;1-2-3/h2-9,21H,10-20H2,1H3;1H3/b9-4+;. The zero-order chi connectivity index (χ0) is 31.9. The normalized spacial score (nSPS) is 18.1. The topological polar surface area (TPSA) is 106 Å². The molecular weight excluding hydrogens is 597 g/mol. The fourth-order valence-corrected chi connectivity index (χ4v) is 6.39. The van der Waals surface area contributed by atoms with E-state index in [9.17, 15) is 14.0 Å². The third-order valence-corrected chi connectivity index (χ3v) is 8.62. The van der Waals surface area contributed by atoms with Gasteiger partial charge in [-0.15, -0.1) is 0 Å². The molecule has 2 fully saturated rings. The molecule has 45 heavy (non-hydrogen) atoms. The second-order valence-corrected chi connectivity index (χ2v) is 11.7. The van der Waals surface area contributed by atoms with E-state index in [0.717, 1.165) is 46.5 Å². The molecule has 1 atom stereocenters. The minimum absolute atomic E-state index is 0.0897. The van der Waals surface area contributed by atoms with Gasteiger partial charge < -0.3 is 24.3 Å². The van der Waals surface area contributed by atoms with Crippen molar-refractivity contribution in [2.45, 2.75) is 26.3 Å². The van der Waals surface area contributed by atoms with Crippen molar-refractivity contribution in [1.82, 2.24) is 19.8 Å². The summed E-state index contributed by atoms with van der Waals surface area (Å²) in [6.45, 7) is 5.36. The van der Waals surface area contributed by atoms with Crippen LogP contribution in [0.1, 0.15) is 24.6 Å². The summed E-state index contributed by atoms with van der Waals surface area (Å²) in [5.41, 5.74) is 3.04. The molecule has 2 aromatic carbocycles. The van der Waals surface area contributed by atoms with Crippen molar-refractivity contribution in [3.63, 3.8) is 0 Å². The Hall–Kier alpha value is -4.43. The Bertz CT molecular complexity index is 1610. The molecule has 4 heterocycles. The van der Waals surface area contributed by atoms with Crippen molar-refractivity contribution in [1.29, 1.82) is 5.26 Å². The quantitative estimate of drug-likeness (QED) is 0.353. The first kappa shape index (κ1) is 32.0. The van der Waals surface area contributed by atoms with Gasteiger partial charge in [0, 0.05) is 88.3 Å². The summed E-state index contributed by atoms with van der Waals surface area (Å²) in [7, 11) is 1.81. The lowest BCUT2D eigenvalue weighted by atomic mass is 10.0. The molecule has 0 aliphatic carbocycles. The highest BCUT2D eigenvalue weighted by Gasteiger charge is 2.31. The van der Waals surface area contributed by atoms with Crippen LogP contribution in [0.4, 0.5) is 15.9 Å². The van der Waals surface area contributed by atoms with Gasteiger partial charge in [0.2, 0.25) is 11.8 Å². The smallest absolute Gasteiger partial charge is 0.318 e. The number of rotatable bonds is 7. The Labute approximate surface area is 267 Å². The molecule has 0 spiro atoms. The number of hydrogen-bond donors (Lipinski definition) is 0. The van der Waals surface area contributed by atoms with Gasteiger partial charge >= 0.3 is 6.01 Å². The molecule has 1 aromatic heterocycles. The summed E-state index contributed by atoms with van der Waals surface area (Å²) in [5.74, 6) is 0.860. The van der Waals surface area contributed by atoms with Crippen molar-refractivity contribution in [2.75, 3.05) is 69.4 Å². The number of carbonyl (C=O) groups is 2. The number of alkyl halides is 1. The number of benzene rings is 2. The Morgan fingerprint density at radius 3 is 2.56 bits per heavy atom. The molecule has 0 radical (unpaired) electrons. The van der Waals surface area contributed by atoms with E-state index in [2.05, 4.69) is 28.0 Å². The average molecular weight is 634 g/mol. The molecule has 236 valence electrons. The number of nitriles is 1. The minimum atomic E-state index is -0.658. The summed E-state index contributed by atoms with van der Waals surface area (Å²) in [6, 6.07) is 14.2. The number of nitrogens with zero attached hydrogens (tertiary/aromatic N) is 7. The molecule has 3 aliphatic heterocycles. The summed E-state index contributed by atoms with van der Waals surface area (Å²) in [4.78, 5) is 42.1. The van der Waals surface area contributed by atoms with Crippen LogP contribution in [0.5, 0.6) is 6.01 Å². The van der Waals surface area contributed by atoms with Gasteiger partial charge in [0.25, 0.3) is 0 Å². The van der Waals surface area contributed by atoms with Gasteiger partial charge in [-0.25, -0.2) is 4.39 Å². The van der Waals surface area contributed by atoms with Crippen molar-refractivity contribution < 1.29 is 18.7 Å². The molecule has 0 N–H and O–H groups in total. The molecule has 1 unspecified atom stereocenters. The molecular formula is C33H37ClFN7O3. The number of carbonyl (C=O) groups excluding carboxylic acids is 2. The Morgan fingerprint density at radius 1 is 1.13 bits per heavy atom. The number of hydrogen-bond acceptors (Lipinski definition) is 8. The van der Waals surface area contributed by atoms with Gasteiger partial charge in [-0.05, 0) is 30.0 Å². The molecule has 12 heteroatoms. The molecule has 2 saturated heterocycles. The van der Waals surface area contributed by atoms with Crippen molar-refractivity contribution in [3.8, 4) is 12.1 Å². The van der Waals surface area contributed by atoms with E-state index in [0.29, 0.717) is 63.3 Å². The van der Waals surface area contributed by atoms with Crippen LogP contribution in [0.25, 0.3) is 10.8 Å². The summed E-state index contributed by atoms with van der Waals surface area (Å²) in [5, 5.41) is 10.1. The number of allylic oxidation sites excluding steroid dienone is 1. The second kappa shape index (κ2) is 14.6. The van der Waals surface area contributed by atoms with E-state index in [-0.39, 0.29) is 17.7 Å². The lowest BCUT2D eigenvalue weighted by molar-refractivity contribution is -0.127. The van der Waals surface area contributed by atoms with Crippen LogP contribution in [-0.2, 0) is 22.6 Å². The maximum atomic E-state index is 12.5. The molecule has 3 aromatic rings. The van der Waals surface area contributed by atoms with E-state index in [1.807, 2.05) is 25.2 Å². The third kappa shape index (κ3) is 7.28. The van der Waals surface area contributed by atoms with Gasteiger partial charge in [-0.1, -0.05) is 35.9 Å². The number of anilines is 2. The third-order valence-electron chi connectivity index (χ3n) is 8.30. The van der Waals surface area contributed by atoms with Crippen LogP contribution in [0, 0.1) is 17.2 Å². The van der Waals surface area contributed by atoms with Gasteiger partial charge in [-0.3, -0.25) is 9.59 Å².